The van der Waals surface area contributed by atoms with Crippen LogP contribution in [0.25, 0.3) is 43.8 Å². The van der Waals surface area contributed by atoms with Crippen molar-refractivity contribution in [1.82, 2.24) is 0 Å². The van der Waals surface area contributed by atoms with Crippen LogP contribution in [0.2, 0.25) is 0 Å². The number of fused-ring (bicyclic) bond motifs is 2. The van der Waals surface area contributed by atoms with Gasteiger partial charge in [0.15, 0.2) is 0 Å². The highest BCUT2D eigenvalue weighted by Gasteiger charge is 2.13. The Morgan fingerprint density at radius 2 is 0.844 bits per heavy atom. The maximum atomic E-state index is 4.10. The molecule has 0 atom stereocenters. The number of hydrogen-bond acceptors (Lipinski definition) is 0. The highest BCUT2D eigenvalue weighted by atomic mass is 14.5. The van der Waals surface area contributed by atoms with Gasteiger partial charge in [-0.05, 0) is 54.9 Å². The molecule has 2 heteroatoms. The Morgan fingerprint density at radius 1 is 0.438 bits per heavy atom. The van der Waals surface area contributed by atoms with Crippen LogP contribution in [0.3, 0.4) is 0 Å². The van der Waals surface area contributed by atoms with E-state index in [2.05, 4.69) is 109 Å². The summed E-state index contributed by atoms with van der Waals surface area (Å²) in [6.45, 7) is 1.79. The first kappa shape index (κ1) is 20.4. The van der Waals surface area contributed by atoms with Gasteiger partial charge in [0.1, 0.15) is 0 Å². The van der Waals surface area contributed by atoms with Crippen molar-refractivity contribution in [2.45, 2.75) is 12.8 Å². The predicted octanol–water partition coefficient (Wildman–Crippen LogP) is 4.90. The summed E-state index contributed by atoms with van der Waals surface area (Å²) in [5.41, 5.74) is 16.2. The average molecular weight is 419 g/mol. The van der Waals surface area contributed by atoms with Gasteiger partial charge in [0.25, 0.3) is 0 Å². The zero-order valence-corrected chi connectivity index (χ0v) is 18.5. The quantitative estimate of drug-likeness (QED) is 0.394. The highest BCUT2D eigenvalue weighted by molar-refractivity contribution is 6.00. The Bertz CT molecular complexity index is 1280. The minimum Gasteiger partial charge on any atom is -0.357 e. The summed E-state index contributed by atoms with van der Waals surface area (Å²) in [5.74, 6) is 0. The van der Waals surface area contributed by atoms with Gasteiger partial charge in [0.2, 0.25) is 0 Å². The van der Waals surface area contributed by atoms with Crippen molar-refractivity contribution in [1.29, 1.82) is 0 Å². The van der Waals surface area contributed by atoms with E-state index >= 15 is 0 Å². The molecule has 0 aliphatic heterocycles. The Morgan fingerprint density at radius 3 is 1.25 bits per heavy atom. The van der Waals surface area contributed by atoms with Crippen molar-refractivity contribution in [3.05, 3.63) is 108 Å². The van der Waals surface area contributed by atoms with Crippen molar-refractivity contribution in [3.63, 3.8) is 0 Å². The number of quaternary nitrogens is 2. The standard InChI is InChI=1S/C30H28N2/c31-19-17-25-11-9-21-5-1-3-7-27(21)29(25)23-13-15-24(16-14-23)30-26(18-20-32)12-10-22-6-2-4-8-28(22)30/h1-16H,17-20,31-32H2/p+2. The second kappa shape index (κ2) is 8.96. The molecule has 0 saturated carbocycles. The van der Waals surface area contributed by atoms with Crippen LogP contribution >= 0.6 is 0 Å². The van der Waals surface area contributed by atoms with Crippen molar-refractivity contribution < 1.29 is 11.5 Å². The topological polar surface area (TPSA) is 55.3 Å². The summed E-state index contributed by atoms with van der Waals surface area (Å²) < 4.78 is 0. The van der Waals surface area contributed by atoms with E-state index < -0.39 is 0 Å². The van der Waals surface area contributed by atoms with Crippen LogP contribution in [0.5, 0.6) is 0 Å². The van der Waals surface area contributed by atoms with Gasteiger partial charge in [-0.1, -0.05) is 97.1 Å². The lowest BCUT2D eigenvalue weighted by atomic mass is 9.88. The first-order valence-corrected chi connectivity index (χ1v) is 11.5. The molecule has 0 fully saturated rings. The number of hydrogen-bond donors (Lipinski definition) is 2. The van der Waals surface area contributed by atoms with Gasteiger partial charge in [-0.15, -0.1) is 0 Å². The van der Waals surface area contributed by atoms with E-state index in [1.54, 1.807) is 0 Å². The highest BCUT2D eigenvalue weighted by Crippen LogP contribution is 2.36. The fraction of sp³-hybridized carbons (Fsp3) is 0.133. The molecule has 158 valence electrons. The lowest BCUT2D eigenvalue weighted by molar-refractivity contribution is -0.367. The summed E-state index contributed by atoms with van der Waals surface area (Å²) in [7, 11) is 0. The molecular formula is C30H30N2+2. The zero-order chi connectivity index (χ0) is 21.9. The molecule has 0 aliphatic rings. The van der Waals surface area contributed by atoms with E-state index in [9.17, 15) is 0 Å². The van der Waals surface area contributed by atoms with Crippen molar-refractivity contribution in [2.24, 2.45) is 0 Å². The molecule has 0 heterocycles. The maximum absolute atomic E-state index is 4.10. The normalized spacial score (nSPS) is 11.3. The molecule has 5 rings (SSSR count). The molecule has 0 bridgehead atoms. The number of benzene rings is 5. The zero-order valence-electron chi connectivity index (χ0n) is 18.5. The predicted molar refractivity (Wildman–Crippen MR) is 135 cm³/mol. The molecule has 5 aromatic carbocycles. The Hall–Kier alpha value is -3.46. The van der Waals surface area contributed by atoms with Gasteiger partial charge >= 0.3 is 0 Å². The van der Waals surface area contributed by atoms with Crippen LogP contribution in [0, 0.1) is 0 Å². The molecule has 0 aromatic heterocycles. The maximum Gasteiger partial charge on any atom is 0.0781 e. The Balaban J connectivity index is 1.67. The van der Waals surface area contributed by atoms with Crippen LogP contribution < -0.4 is 11.5 Å². The molecule has 6 N–H and O–H groups in total. The Labute approximate surface area is 189 Å². The van der Waals surface area contributed by atoms with Gasteiger partial charge < -0.3 is 11.5 Å². The molecule has 0 amide bonds. The average Bonchev–Trinajstić information content (AvgIpc) is 2.84. The van der Waals surface area contributed by atoms with E-state index in [1.807, 2.05) is 0 Å². The summed E-state index contributed by atoms with van der Waals surface area (Å²) in [4.78, 5) is 0. The summed E-state index contributed by atoms with van der Waals surface area (Å²) in [6, 6.07) is 35.5. The third kappa shape index (κ3) is 3.69. The summed E-state index contributed by atoms with van der Waals surface area (Å²) in [6.07, 6.45) is 1.97. The van der Waals surface area contributed by atoms with E-state index in [0.29, 0.717) is 0 Å². The van der Waals surface area contributed by atoms with Gasteiger partial charge in [-0.25, -0.2) is 0 Å². The van der Waals surface area contributed by atoms with E-state index in [0.717, 1.165) is 25.9 Å². The van der Waals surface area contributed by atoms with Crippen molar-refractivity contribution >= 4 is 21.5 Å². The molecule has 2 nitrogen and oxygen atoms in total. The summed E-state index contributed by atoms with van der Waals surface area (Å²) in [5, 5.41) is 5.19. The molecule has 5 aromatic rings. The van der Waals surface area contributed by atoms with Crippen molar-refractivity contribution in [3.8, 4) is 22.3 Å². The van der Waals surface area contributed by atoms with Crippen molar-refractivity contribution in [2.75, 3.05) is 13.1 Å². The molecule has 0 aliphatic carbocycles. The van der Waals surface area contributed by atoms with Gasteiger partial charge in [-0.3, -0.25) is 0 Å². The third-order valence-electron chi connectivity index (χ3n) is 6.39. The van der Waals surface area contributed by atoms with Crippen LogP contribution in [0.4, 0.5) is 0 Å². The first-order chi connectivity index (χ1) is 15.8. The SMILES string of the molecule is [NH3+]CCc1ccc2ccccc2c1-c1ccc(-c2c(CC[NH3+])ccc3ccccc23)cc1. The van der Waals surface area contributed by atoms with E-state index in [4.69, 9.17) is 0 Å². The first-order valence-electron chi connectivity index (χ1n) is 11.5. The van der Waals surface area contributed by atoms with Crippen LogP contribution in [-0.4, -0.2) is 13.1 Å². The van der Waals surface area contributed by atoms with Gasteiger partial charge in [0, 0.05) is 12.8 Å². The molecule has 0 saturated heterocycles. The molecule has 0 unspecified atom stereocenters. The lowest BCUT2D eigenvalue weighted by Gasteiger charge is -2.15. The lowest BCUT2D eigenvalue weighted by Crippen LogP contribution is -2.51. The fourth-order valence-electron chi connectivity index (χ4n) is 4.92. The molecule has 0 spiro atoms. The molecular weight excluding hydrogens is 388 g/mol. The smallest absolute Gasteiger partial charge is 0.0781 e. The van der Waals surface area contributed by atoms with Crippen LogP contribution in [0.15, 0.2) is 97.1 Å². The largest absolute Gasteiger partial charge is 0.357 e. The molecule has 32 heavy (non-hydrogen) atoms. The number of rotatable bonds is 6. The fourth-order valence-corrected chi connectivity index (χ4v) is 4.92. The van der Waals surface area contributed by atoms with E-state index in [-0.39, 0.29) is 0 Å². The second-order valence-electron chi connectivity index (χ2n) is 8.43. The van der Waals surface area contributed by atoms with Gasteiger partial charge in [-0.2, -0.15) is 0 Å². The third-order valence-corrected chi connectivity index (χ3v) is 6.39. The van der Waals surface area contributed by atoms with Crippen LogP contribution in [0.1, 0.15) is 11.1 Å². The minimum atomic E-state index is 0.897. The second-order valence-corrected chi connectivity index (χ2v) is 8.43. The summed E-state index contributed by atoms with van der Waals surface area (Å²) >= 11 is 0. The van der Waals surface area contributed by atoms with Gasteiger partial charge in [0.05, 0.1) is 13.1 Å². The molecule has 0 radical (unpaired) electrons. The monoisotopic (exact) mass is 418 g/mol. The minimum absolute atomic E-state index is 0.897. The van der Waals surface area contributed by atoms with Crippen LogP contribution in [-0.2, 0) is 12.8 Å². The van der Waals surface area contributed by atoms with E-state index in [1.165, 1.54) is 54.9 Å². The Kier molecular flexibility index (Phi) is 5.72.